The maximum atomic E-state index is 12.1. The molecule has 3 rings (SSSR count). The molecule has 5 heteroatoms. The molecule has 0 amide bonds. The number of fused-ring (bicyclic) bond motifs is 1. The number of nitrogens with one attached hydrogen (secondary N) is 1. The maximum absolute atomic E-state index is 12.1. The van der Waals surface area contributed by atoms with Gasteiger partial charge in [-0.05, 0) is 50.9 Å². The lowest BCUT2D eigenvalue weighted by Crippen LogP contribution is -2.37. The summed E-state index contributed by atoms with van der Waals surface area (Å²) < 4.78 is 0. The second kappa shape index (κ2) is 5.95. The number of aliphatic hydroxyl groups is 1. The largest absolute Gasteiger partial charge is 0.396 e. The summed E-state index contributed by atoms with van der Waals surface area (Å²) in [5.74, 6) is 1.14. The maximum Gasteiger partial charge on any atom is 0.258 e. The Hall–Kier alpha value is -1.72. The number of para-hydroxylation sites is 1. The van der Waals surface area contributed by atoms with Gasteiger partial charge in [0.1, 0.15) is 5.82 Å². The highest BCUT2D eigenvalue weighted by atomic mass is 16.3. The predicted octanol–water partition coefficient (Wildman–Crippen LogP) is 1.69. The second-order valence-corrected chi connectivity index (χ2v) is 5.81. The minimum absolute atomic E-state index is 0.0762. The fraction of sp³-hybridized carbons (Fsp3) is 0.500. The number of likely N-dealkylation sites (tertiary alicyclic amines) is 1. The Labute approximate surface area is 123 Å². The average Bonchev–Trinajstić information content (AvgIpc) is 2.54. The van der Waals surface area contributed by atoms with E-state index in [0.717, 1.165) is 37.3 Å². The summed E-state index contributed by atoms with van der Waals surface area (Å²) in [6.07, 6.45) is 2.00. The van der Waals surface area contributed by atoms with E-state index in [-0.39, 0.29) is 18.2 Å². The number of aliphatic hydroxyl groups excluding tert-OH is 1. The van der Waals surface area contributed by atoms with Crippen LogP contribution in [0.3, 0.4) is 0 Å². The van der Waals surface area contributed by atoms with Crippen LogP contribution in [0.1, 0.15) is 31.6 Å². The quantitative estimate of drug-likeness (QED) is 0.901. The molecule has 0 spiro atoms. The summed E-state index contributed by atoms with van der Waals surface area (Å²) in [6.45, 7) is 4.21. The molecule has 112 valence electrons. The van der Waals surface area contributed by atoms with E-state index in [4.69, 9.17) is 0 Å². The number of benzene rings is 1. The van der Waals surface area contributed by atoms with E-state index in [1.807, 2.05) is 18.2 Å². The molecule has 1 aliphatic rings. The van der Waals surface area contributed by atoms with Crippen LogP contribution >= 0.6 is 0 Å². The summed E-state index contributed by atoms with van der Waals surface area (Å²) in [5.41, 5.74) is 0.668. The summed E-state index contributed by atoms with van der Waals surface area (Å²) in [5, 5.41) is 9.84. The number of piperidine rings is 1. The molecule has 2 heterocycles. The van der Waals surface area contributed by atoms with Crippen LogP contribution in [0.2, 0.25) is 0 Å². The number of H-pyrrole nitrogens is 1. The van der Waals surface area contributed by atoms with Gasteiger partial charge in [-0.3, -0.25) is 9.69 Å². The summed E-state index contributed by atoms with van der Waals surface area (Å²) in [4.78, 5) is 22.0. The molecule has 5 nitrogen and oxygen atoms in total. The smallest absolute Gasteiger partial charge is 0.258 e. The van der Waals surface area contributed by atoms with Gasteiger partial charge >= 0.3 is 0 Å². The Kier molecular flexibility index (Phi) is 4.03. The summed E-state index contributed by atoms with van der Waals surface area (Å²) in [7, 11) is 0. The predicted molar refractivity (Wildman–Crippen MR) is 82.2 cm³/mol. The van der Waals surface area contributed by atoms with Gasteiger partial charge in [0.15, 0.2) is 0 Å². The van der Waals surface area contributed by atoms with Crippen LogP contribution in [0.25, 0.3) is 10.9 Å². The Morgan fingerprint density at radius 3 is 2.81 bits per heavy atom. The van der Waals surface area contributed by atoms with Crippen LogP contribution in [-0.2, 0) is 0 Å². The number of rotatable bonds is 3. The standard InChI is InChI=1S/C16H21N3O2/c1-11(19-8-6-12(10-20)7-9-19)15-17-14-5-3-2-4-13(14)16(21)18-15/h2-5,11-12,20H,6-10H2,1H3,(H,17,18,21)/t11-/m1/s1. The molecule has 0 bridgehead atoms. The van der Waals surface area contributed by atoms with Gasteiger partial charge in [0, 0.05) is 6.61 Å². The minimum Gasteiger partial charge on any atom is -0.396 e. The van der Waals surface area contributed by atoms with Crippen LogP contribution < -0.4 is 5.56 Å². The Balaban J connectivity index is 1.85. The minimum atomic E-state index is -0.0762. The second-order valence-electron chi connectivity index (χ2n) is 5.81. The van der Waals surface area contributed by atoms with Crippen molar-refractivity contribution in [2.45, 2.75) is 25.8 Å². The van der Waals surface area contributed by atoms with Gasteiger partial charge in [-0.15, -0.1) is 0 Å². The van der Waals surface area contributed by atoms with E-state index in [1.165, 1.54) is 0 Å². The first kappa shape index (κ1) is 14.2. The molecule has 0 aliphatic carbocycles. The first-order chi connectivity index (χ1) is 10.2. The van der Waals surface area contributed by atoms with Gasteiger partial charge in [-0.2, -0.15) is 0 Å². The van der Waals surface area contributed by atoms with Gasteiger partial charge in [0.05, 0.1) is 16.9 Å². The van der Waals surface area contributed by atoms with Gasteiger partial charge in [0.25, 0.3) is 5.56 Å². The highest BCUT2D eigenvalue weighted by molar-refractivity contribution is 5.77. The Morgan fingerprint density at radius 1 is 1.38 bits per heavy atom. The SMILES string of the molecule is C[C@H](c1nc2ccccc2c(=O)[nH]1)N1CCC(CO)CC1. The zero-order valence-corrected chi connectivity index (χ0v) is 12.2. The van der Waals surface area contributed by atoms with Crippen molar-refractivity contribution in [2.75, 3.05) is 19.7 Å². The molecular formula is C16H21N3O2. The van der Waals surface area contributed by atoms with E-state index >= 15 is 0 Å². The van der Waals surface area contributed by atoms with E-state index in [0.29, 0.717) is 11.3 Å². The first-order valence-electron chi connectivity index (χ1n) is 7.53. The number of aromatic nitrogens is 2. The first-order valence-corrected chi connectivity index (χ1v) is 7.53. The molecule has 2 N–H and O–H groups in total. The number of aromatic amines is 1. The van der Waals surface area contributed by atoms with Crippen LogP contribution in [-0.4, -0.2) is 39.7 Å². The normalized spacial score (nSPS) is 19.0. The molecule has 2 aromatic rings. The molecule has 0 unspecified atom stereocenters. The van der Waals surface area contributed by atoms with Crippen LogP contribution in [0.15, 0.2) is 29.1 Å². The molecule has 1 aliphatic heterocycles. The average molecular weight is 287 g/mol. The van der Waals surface area contributed by atoms with Crippen molar-refractivity contribution < 1.29 is 5.11 Å². The van der Waals surface area contributed by atoms with Gasteiger partial charge in [-0.25, -0.2) is 4.98 Å². The molecule has 0 radical (unpaired) electrons. The van der Waals surface area contributed by atoms with E-state index in [1.54, 1.807) is 6.07 Å². The molecule has 1 atom stereocenters. The lowest BCUT2D eigenvalue weighted by Gasteiger charge is -2.34. The van der Waals surface area contributed by atoms with E-state index in [9.17, 15) is 9.90 Å². The van der Waals surface area contributed by atoms with Crippen molar-refractivity contribution in [2.24, 2.45) is 5.92 Å². The van der Waals surface area contributed by atoms with E-state index in [2.05, 4.69) is 21.8 Å². The van der Waals surface area contributed by atoms with Crippen LogP contribution in [0.5, 0.6) is 0 Å². The number of hydrogen-bond donors (Lipinski definition) is 2. The zero-order chi connectivity index (χ0) is 14.8. The lowest BCUT2D eigenvalue weighted by atomic mass is 9.97. The topological polar surface area (TPSA) is 69.2 Å². The molecule has 21 heavy (non-hydrogen) atoms. The van der Waals surface area contributed by atoms with Crippen molar-refractivity contribution >= 4 is 10.9 Å². The van der Waals surface area contributed by atoms with Crippen LogP contribution in [0, 0.1) is 5.92 Å². The van der Waals surface area contributed by atoms with Crippen molar-refractivity contribution in [1.29, 1.82) is 0 Å². The van der Waals surface area contributed by atoms with Gasteiger partial charge in [0.2, 0.25) is 0 Å². The lowest BCUT2D eigenvalue weighted by molar-refractivity contribution is 0.103. The molecule has 0 saturated carbocycles. The fourth-order valence-corrected chi connectivity index (χ4v) is 3.00. The van der Waals surface area contributed by atoms with Crippen LogP contribution in [0.4, 0.5) is 0 Å². The van der Waals surface area contributed by atoms with E-state index < -0.39 is 0 Å². The monoisotopic (exact) mass is 287 g/mol. The Bertz CT molecular complexity index is 675. The van der Waals surface area contributed by atoms with Gasteiger partial charge < -0.3 is 10.1 Å². The highest BCUT2D eigenvalue weighted by Gasteiger charge is 2.24. The Morgan fingerprint density at radius 2 is 2.10 bits per heavy atom. The molecule has 1 aromatic heterocycles. The molecule has 1 saturated heterocycles. The molecule has 1 fully saturated rings. The van der Waals surface area contributed by atoms with Crippen molar-refractivity contribution in [3.8, 4) is 0 Å². The number of nitrogens with zero attached hydrogens (tertiary/aromatic N) is 2. The van der Waals surface area contributed by atoms with Crippen molar-refractivity contribution in [3.05, 3.63) is 40.4 Å². The molecular weight excluding hydrogens is 266 g/mol. The third-order valence-corrected chi connectivity index (χ3v) is 4.48. The summed E-state index contributed by atoms with van der Waals surface area (Å²) in [6, 6.07) is 7.50. The fourth-order valence-electron chi connectivity index (χ4n) is 3.00. The third-order valence-electron chi connectivity index (χ3n) is 4.48. The highest BCUT2D eigenvalue weighted by Crippen LogP contribution is 2.24. The molecule has 1 aromatic carbocycles. The van der Waals surface area contributed by atoms with Crippen molar-refractivity contribution in [1.82, 2.24) is 14.9 Å². The van der Waals surface area contributed by atoms with Gasteiger partial charge in [-0.1, -0.05) is 12.1 Å². The third kappa shape index (κ3) is 2.84. The summed E-state index contributed by atoms with van der Waals surface area (Å²) >= 11 is 0. The zero-order valence-electron chi connectivity index (χ0n) is 12.2. The number of hydrogen-bond acceptors (Lipinski definition) is 4. The van der Waals surface area contributed by atoms with Crippen molar-refractivity contribution in [3.63, 3.8) is 0 Å².